The van der Waals surface area contributed by atoms with Crippen LogP contribution in [0, 0.1) is 5.82 Å². The second-order valence-electron chi connectivity index (χ2n) is 8.38. The first-order chi connectivity index (χ1) is 19.6. The predicted octanol–water partition coefficient (Wildman–Crippen LogP) is 6.44. The van der Waals surface area contributed by atoms with Crippen LogP contribution in [0.3, 0.4) is 0 Å². The van der Waals surface area contributed by atoms with Gasteiger partial charge in [0, 0.05) is 36.0 Å². The first-order valence-corrected chi connectivity index (χ1v) is 13.0. The van der Waals surface area contributed by atoms with Gasteiger partial charge in [-0.15, -0.1) is 0 Å². The lowest BCUT2D eigenvalue weighted by Gasteiger charge is -2.21. The van der Waals surface area contributed by atoms with Crippen molar-refractivity contribution in [1.29, 1.82) is 0 Å². The Balaban J connectivity index is 1.82. The fourth-order valence-electron chi connectivity index (χ4n) is 3.98. The van der Waals surface area contributed by atoms with Gasteiger partial charge in [-0.1, -0.05) is 35.3 Å². The minimum atomic E-state index is -1.31. The fourth-order valence-corrected chi connectivity index (χ4v) is 4.51. The van der Waals surface area contributed by atoms with Crippen LogP contribution in [0.2, 0.25) is 10.0 Å². The molecule has 0 saturated heterocycles. The number of anilines is 1. The maximum atomic E-state index is 13.8. The molecule has 2 heterocycles. The van der Waals surface area contributed by atoms with Crippen LogP contribution in [0.25, 0.3) is 10.9 Å². The highest BCUT2D eigenvalue weighted by Crippen LogP contribution is 2.34. The molecule has 2 aromatic heterocycles. The molecular weight excluding hydrogens is 580 g/mol. The van der Waals surface area contributed by atoms with Gasteiger partial charge < -0.3 is 18.8 Å². The number of carbonyl (C=O) groups excluding carboxylic acids is 4. The summed E-state index contributed by atoms with van der Waals surface area (Å²) in [5.41, 5.74) is 0.770. The van der Waals surface area contributed by atoms with Crippen molar-refractivity contribution < 1.29 is 37.8 Å². The van der Waals surface area contributed by atoms with Crippen LogP contribution in [0.1, 0.15) is 29.8 Å². The Morgan fingerprint density at radius 1 is 0.951 bits per heavy atom. The van der Waals surface area contributed by atoms with E-state index in [1.165, 1.54) is 37.4 Å². The molecule has 0 fully saturated rings. The third kappa shape index (κ3) is 6.47. The van der Waals surface area contributed by atoms with E-state index in [4.69, 9.17) is 37.4 Å². The molecule has 0 radical (unpaired) electrons. The molecule has 0 bridgehead atoms. The van der Waals surface area contributed by atoms with Gasteiger partial charge >= 0.3 is 18.2 Å². The maximum Gasteiger partial charge on any atom is 0.513 e. The highest BCUT2D eigenvalue weighted by Gasteiger charge is 2.35. The number of ether oxygens (including phenoxy) is 3. The summed E-state index contributed by atoms with van der Waals surface area (Å²) in [6.07, 6.45) is 1.57. The number of rotatable bonds is 8. The first kappa shape index (κ1) is 29.5. The van der Waals surface area contributed by atoms with Gasteiger partial charge in [-0.25, -0.2) is 18.9 Å². The number of carbonyl (C=O) groups is 4. The van der Waals surface area contributed by atoms with E-state index in [0.717, 1.165) is 12.4 Å². The summed E-state index contributed by atoms with van der Waals surface area (Å²) in [6, 6.07) is 10.2. The van der Waals surface area contributed by atoms with E-state index >= 15 is 0 Å². The standard InChI is InChI=1S/C28H22Cl2FN3O7/c1-3-39-27(37)34(24-21(29)12-32-13-22(24)30)26(36)25(35)20-15-33(14-16-5-7-17(31)8-6-16)23-10-9-18(11-19(20)23)41-28(38)40-4-2/h5-13,15H,3-4,14H2,1-2H3. The van der Waals surface area contributed by atoms with Crippen molar-refractivity contribution in [3.63, 3.8) is 0 Å². The number of ketones is 1. The second kappa shape index (κ2) is 12.8. The Bertz CT molecular complexity index is 1620. The molecule has 2 aromatic carbocycles. The summed E-state index contributed by atoms with van der Waals surface area (Å²) in [5.74, 6) is -2.80. The summed E-state index contributed by atoms with van der Waals surface area (Å²) >= 11 is 12.4. The van der Waals surface area contributed by atoms with Crippen LogP contribution in [0.4, 0.5) is 19.7 Å². The monoisotopic (exact) mass is 601 g/mol. The highest BCUT2D eigenvalue weighted by atomic mass is 35.5. The number of hydrogen-bond acceptors (Lipinski definition) is 8. The Labute approximate surface area is 243 Å². The summed E-state index contributed by atoms with van der Waals surface area (Å²) in [4.78, 5) is 56.4. The SMILES string of the molecule is CCOC(=O)Oc1ccc2c(c1)c(C(=O)C(=O)N(C(=O)OCC)c1c(Cl)cncc1Cl)cn2Cc1ccc(F)cc1. The van der Waals surface area contributed by atoms with Crippen molar-refractivity contribution in [2.45, 2.75) is 20.4 Å². The van der Waals surface area contributed by atoms with Crippen LogP contribution >= 0.6 is 23.2 Å². The lowest BCUT2D eigenvalue weighted by atomic mass is 10.1. The van der Waals surface area contributed by atoms with Gasteiger partial charge in [0.1, 0.15) is 11.6 Å². The molecule has 0 atom stereocenters. The molecule has 41 heavy (non-hydrogen) atoms. The van der Waals surface area contributed by atoms with Crippen molar-refractivity contribution in [2.24, 2.45) is 0 Å². The molecule has 2 amide bonds. The molecule has 0 aliphatic heterocycles. The van der Waals surface area contributed by atoms with E-state index < -0.39 is 29.8 Å². The minimum Gasteiger partial charge on any atom is -0.449 e. The molecule has 10 nitrogen and oxygen atoms in total. The van der Waals surface area contributed by atoms with Gasteiger partial charge in [-0.3, -0.25) is 14.6 Å². The molecule has 4 rings (SSSR count). The Morgan fingerprint density at radius 2 is 1.61 bits per heavy atom. The second-order valence-corrected chi connectivity index (χ2v) is 9.20. The number of pyridine rings is 1. The molecule has 0 N–H and O–H groups in total. The molecule has 212 valence electrons. The van der Waals surface area contributed by atoms with E-state index in [1.807, 2.05) is 0 Å². The zero-order valence-corrected chi connectivity index (χ0v) is 23.2. The Morgan fingerprint density at radius 3 is 2.24 bits per heavy atom. The van der Waals surface area contributed by atoms with E-state index in [1.54, 1.807) is 29.7 Å². The molecule has 13 heteroatoms. The number of nitrogens with zero attached hydrogens (tertiary/aromatic N) is 3. The molecule has 4 aromatic rings. The molecule has 0 spiro atoms. The largest absolute Gasteiger partial charge is 0.513 e. The molecule has 0 saturated carbocycles. The summed E-state index contributed by atoms with van der Waals surface area (Å²) in [5, 5.41) is -0.117. The maximum absolute atomic E-state index is 13.8. The van der Waals surface area contributed by atoms with Gasteiger partial charge in [0.15, 0.2) is 0 Å². The van der Waals surface area contributed by atoms with Crippen LogP contribution in [0.15, 0.2) is 61.1 Å². The molecular formula is C28H22Cl2FN3O7. The normalized spacial score (nSPS) is 10.8. The van der Waals surface area contributed by atoms with Crippen molar-refractivity contribution in [1.82, 2.24) is 9.55 Å². The zero-order valence-electron chi connectivity index (χ0n) is 21.7. The quantitative estimate of drug-likeness (QED) is 0.0980. The number of hydrogen-bond donors (Lipinski definition) is 0. The van der Waals surface area contributed by atoms with Crippen LogP contribution in [-0.2, 0) is 20.8 Å². The fraction of sp³-hybridized carbons (Fsp3) is 0.179. The number of amides is 2. The van der Waals surface area contributed by atoms with Crippen LogP contribution in [-0.4, -0.2) is 46.7 Å². The number of Topliss-reactive ketones (excluding diaryl/α,β-unsaturated/α-hetero) is 1. The first-order valence-electron chi connectivity index (χ1n) is 12.2. The zero-order chi connectivity index (χ0) is 29.7. The van der Waals surface area contributed by atoms with E-state index in [9.17, 15) is 23.6 Å². The highest BCUT2D eigenvalue weighted by molar-refractivity contribution is 6.54. The lowest BCUT2D eigenvalue weighted by molar-refractivity contribution is -0.114. The van der Waals surface area contributed by atoms with Gasteiger partial charge in [0.05, 0.1) is 34.5 Å². The van der Waals surface area contributed by atoms with Crippen LogP contribution < -0.4 is 9.64 Å². The number of imide groups is 1. The molecule has 0 unspecified atom stereocenters. The topological polar surface area (TPSA) is 117 Å². The van der Waals surface area contributed by atoms with Crippen molar-refractivity contribution >= 4 is 63.7 Å². The number of benzene rings is 2. The van der Waals surface area contributed by atoms with Crippen molar-refractivity contribution in [3.05, 3.63) is 88.0 Å². The van der Waals surface area contributed by atoms with E-state index in [-0.39, 0.29) is 52.2 Å². The third-order valence-corrected chi connectivity index (χ3v) is 6.28. The average molecular weight is 602 g/mol. The smallest absolute Gasteiger partial charge is 0.449 e. The number of halogens is 3. The van der Waals surface area contributed by atoms with E-state index in [0.29, 0.717) is 16.0 Å². The van der Waals surface area contributed by atoms with E-state index in [2.05, 4.69) is 4.98 Å². The van der Waals surface area contributed by atoms with Gasteiger partial charge in [-0.2, -0.15) is 0 Å². The summed E-state index contributed by atoms with van der Waals surface area (Å²) in [6.45, 7) is 3.30. The molecule has 0 aliphatic rings. The van der Waals surface area contributed by atoms with Gasteiger partial charge in [-0.05, 0) is 49.7 Å². The number of aromatic nitrogens is 2. The summed E-state index contributed by atoms with van der Waals surface area (Å²) in [7, 11) is 0. The van der Waals surface area contributed by atoms with Crippen molar-refractivity contribution in [3.8, 4) is 5.75 Å². The average Bonchev–Trinajstić information content (AvgIpc) is 3.28. The lowest BCUT2D eigenvalue weighted by Crippen LogP contribution is -2.42. The Hall–Kier alpha value is -4.48. The third-order valence-electron chi connectivity index (χ3n) is 5.73. The van der Waals surface area contributed by atoms with Crippen molar-refractivity contribution in [2.75, 3.05) is 18.1 Å². The minimum absolute atomic E-state index is 0.0412. The van der Waals surface area contributed by atoms with Crippen LogP contribution in [0.5, 0.6) is 5.75 Å². The van der Waals surface area contributed by atoms with Gasteiger partial charge in [0.2, 0.25) is 0 Å². The molecule has 0 aliphatic carbocycles. The predicted molar refractivity (Wildman–Crippen MR) is 148 cm³/mol. The summed E-state index contributed by atoms with van der Waals surface area (Å²) < 4.78 is 30.1. The Kier molecular flexibility index (Phi) is 9.21. The number of fused-ring (bicyclic) bond motifs is 1. The van der Waals surface area contributed by atoms with Gasteiger partial charge in [0.25, 0.3) is 5.78 Å².